The molecule has 150 valence electrons. The van der Waals surface area contributed by atoms with Crippen LogP contribution in [0.1, 0.15) is 6.42 Å². The minimum atomic E-state index is -4.84. The van der Waals surface area contributed by atoms with Crippen LogP contribution in [0.2, 0.25) is 0 Å². The maximum absolute atomic E-state index is 12.7. The summed E-state index contributed by atoms with van der Waals surface area (Å²) in [6, 6.07) is 6.87. The first kappa shape index (κ1) is 20.3. The van der Waals surface area contributed by atoms with Gasteiger partial charge in [0, 0.05) is 16.2 Å². The summed E-state index contributed by atoms with van der Waals surface area (Å²) in [7, 11) is -4.10. The molecule has 0 saturated carbocycles. The van der Waals surface area contributed by atoms with Crippen LogP contribution >= 0.6 is 15.9 Å². The summed E-state index contributed by atoms with van der Waals surface area (Å²) in [4.78, 5) is 11.4. The van der Waals surface area contributed by atoms with Gasteiger partial charge in [0.2, 0.25) is 5.91 Å². The zero-order valence-electron chi connectivity index (χ0n) is 13.8. The number of anilines is 2. The Morgan fingerprint density at radius 3 is 2.50 bits per heavy atom. The molecular weight excluding hydrogens is 469 g/mol. The van der Waals surface area contributed by atoms with E-state index < -0.39 is 22.1 Å². The largest absolute Gasteiger partial charge is 0.573 e. The highest BCUT2D eigenvalue weighted by Crippen LogP contribution is 2.36. The van der Waals surface area contributed by atoms with Crippen LogP contribution in [-0.4, -0.2) is 27.3 Å². The molecule has 1 aliphatic rings. The number of rotatable bonds is 4. The summed E-state index contributed by atoms with van der Waals surface area (Å²) < 4.78 is 73.5. The Morgan fingerprint density at radius 2 is 1.86 bits per heavy atom. The van der Waals surface area contributed by atoms with Crippen LogP contribution in [-0.2, 0) is 14.8 Å². The van der Waals surface area contributed by atoms with Crippen LogP contribution in [0.15, 0.2) is 45.8 Å². The number of halogens is 4. The second kappa shape index (κ2) is 7.51. The number of fused-ring (bicyclic) bond motifs is 1. The molecule has 12 heteroatoms. The van der Waals surface area contributed by atoms with Crippen LogP contribution in [0.4, 0.5) is 24.5 Å². The Morgan fingerprint density at radius 1 is 1.18 bits per heavy atom. The summed E-state index contributed by atoms with van der Waals surface area (Å²) in [6.45, 7) is 0.0913. The molecule has 7 nitrogen and oxygen atoms in total. The van der Waals surface area contributed by atoms with E-state index in [0.29, 0.717) is 5.69 Å². The van der Waals surface area contributed by atoms with Gasteiger partial charge in [-0.15, -0.1) is 13.2 Å². The van der Waals surface area contributed by atoms with Crippen LogP contribution in [0.3, 0.4) is 0 Å². The molecule has 0 atom stereocenters. The third kappa shape index (κ3) is 4.87. The van der Waals surface area contributed by atoms with E-state index in [4.69, 9.17) is 4.74 Å². The van der Waals surface area contributed by atoms with E-state index in [1.54, 1.807) is 0 Å². The minimum Gasteiger partial charge on any atom is -0.491 e. The van der Waals surface area contributed by atoms with Gasteiger partial charge in [0.1, 0.15) is 16.4 Å². The lowest BCUT2D eigenvalue weighted by molar-refractivity contribution is -0.274. The Kier molecular flexibility index (Phi) is 5.44. The summed E-state index contributed by atoms with van der Waals surface area (Å²) >= 11 is 3.14. The summed E-state index contributed by atoms with van der Waals surface area (Å²) in [6.07, 6.45) is -4.72. The smallest absolute Gasteiger partial charge is 0.491 e. The molecule has 0 saturated heterocycles. The number of nitrogens with one attached hydrogen (secondary N) is 2. The lowest BCUT2D eigenvalue weighted by Gasteiger charge is -2.14. The summed E-state index contributed by atoms with van der Waals surface area (Å²) in [5.41, 5.74) is 0.354. The molecule has 0 spiro atoms. The van der Waals surface area contributed by atoms with Crippen LogP contribution in [0.25, 0.3) is 0 Å². The number of sulfonamides is 1. The molecule has 1 amide bonds. The van der Waals surface area contributed by atoms with Gasteiger partial charge in [-0.05, 0) is 46.3 Å². The molecule has 0 unspecified atom stereocenters. The molecule has 0 aromatic heterocycles. The molecule has 2 aromatic carbocycles. The van der Waals surface area contributed by atoms with Crippen LogP contribution in [0.5, 0.6) is 11.5 Å². The number of carbonyl (C=O) groups is 1. The average Bonchev–Trinajstić information content (AvgIpc) is 2.74. The van der Waals surface area contributed by atoms with E-state index in [1.807, 2.05) is 0 Å². The Labute approximate surface area is 166 Å². The maximum atomic E-state index is 12.7. The van der Waals surface area contributed by atoms with Gasteiger partial charge in [0.05, 0.1) is 18.7 Å². The van der Waals surface area contributed by atoms with Crippen molar-refractivity contribution in [2.24, 2.45) is 0 Å². The molecular formula is C16H12BrF3N2O5S. The molecule has 28 heavy (non-hydrogen) atoms. The van der Waals surface area contributed by atoms with Crippen molar-refractivity contribution >= 4 is 43.2 Å². The topological polar surface area (TPSA) is 93.7 Å². The van der Waals surface area contributed by atoms with E-state index in [9.17, 15) is 26.4 Å². The number of benzene rings is 2. The highest BCUT2D eigenvalue weighted by atomic mass is 79.9. The Bertz CT molecular complexity index is 1010. The molecule has 1 heterocycles. The first-order valence-electron chi connectivity index (χ1n) is 7.68. The van der Waals surface area contributed by atoms with Crippen molar-refractivity contribution in [3.8, 4) is 11.5 Å². The highest BCUT2D eigenvalue weighted by Gasteiger charge is 2.31. The van der Waals surface area contributed by atoms with Gasteiger partial charge in [0.15, 0.2) is 0 Å². The first-order chi connectivity index (χ1) is 13.0. The SMILES string of the molecule is O=C1CCOc2cc(S(=O)(=O)Nc3ccc(OC(F)(F)F)cc3)c(Br)cc2N1. The van der Waals surface area contributed by atoms with E-state index in [-0.39, 0.29) is 39.7 Å². The fraction of sp³-hybridized carbons (Fsp3) is 0.188. The molecule has 1 aliphatic heterocycles. The Balaban J connectivity index is 1.85. The van der Waals surface area contributed by atoms with Crippen molar-refractivity contribution in [2.45, 2.75) is 17.7 Å². The van der Waals surface area contributed by atoms with Gasteiger partial charge in [-0.3, -0.25) is 9.52 Å². The van der Waals surface area contributed by atoms with E-state index in [2.05, 4.69) is 30.7 Å². The van der Waals surface area contributed by atoms with Gasteiger partial charge in [-0.2, -0.15) is 0 Å². The fourth-order valence-electron chi connectivity index (χ4n) is 2.36. The third-order valence-corrected chi connectivity index (χ3v) is 5.86. The lowest BCUT2D eigenvalue weighted by atomic mass is 10.3. The first-order valence-corrected chi connectivity index (χ1v) is 9.96. The second-order valence-corrected chi connectivity index (χ2v) is 8.11. The fourth-order valence-corrected chi connectivity index (χ4v) is 4.48. The predicted octanol–water partition coefficient (Wildman–Crippen LogP) is 3.87. The van der Waals surface area contributed by atoms with Crippen molar-refractivity contribution in [2.75, 3.05) is 16.6 Å². The van der Waals surface area contributed by atoms with Gasteiger partial charge in [-0.1, -0.05) is 0 Å². The number of hydrogen-bond acceptors (Lipinski definition) is 5. The normalized spacial score (nSPS) is 14.4. The Hall–Kier alpha value is -2.47. The van der Waals surface area contributed by atoms with Crippen molar-refractivity contribution < 1.29 is 35.9 Å². The maximum Gasteiger partial charge on any atom is 0.573 e. The highest BCUT2D eigenvalue weighted by molar-refractivity contribution is 9.10. The van der Waals surface area contributed by atoms with E-state index in [1.165, 1.54) is 12.1 Å². The van der Waals surface area contributed by atoms with E-state index >= 15 is 0 Å². The molecule has 2 N–H and O–H groups in total. The summed E-state index contributed by atoms with van der Waals surface area (Å²) in [5.74, 6) is -0.560. The van der Waals surface area contributed by atoms with Gasteiger partial charge >= 0.3 is 6.36 Å². The number of ether oxygens (including phenoxy) is 2. The number of alkyl halides is 3. The van der Waals surface area contributed by atoms with Gasteiger partial charge in [-0.25, -0.2) is 8.42 Å². The van der Waals surface area contributed by atoms with Gasteiger partial charge in [0.25, 0.3) is 10.0 Å². The molecule has 0 aliphatic carbocycles. The predicted molar refractivity (Wildman–Crippen MR) is 96.8 cm³/mol. The van der Waals surface area contributed by atoms with Crippen molar-refractivity contribution in [3.05, 3.63) is 40.9 Å². The lowest BCUT2D eigenvalue weighted by Crippen LogP contribution is -2.17. The average molecular weight is 481 g/mol. The quantitative estimate of drug-likeness (QED) is 0.692. The monoisotopic (exact) mass is 480 g/mol. The molecule has 0 bridgehead atoms. The van der Waals surface area contributed by atoms with Crippen LogP contribution < -0.4 is 19.5 Å². The molecule has 2 aromatic rings. The molecule has 0 radical (unpaired) electrons. The van der Waals surface area contributed by atoms with Crippen molar-refractivity contribution in [1.29, 1.82) is 0 Å². The number of hydrogen-bond donors (Lipinski definition) is 2. The number of carbonyl (C=O) groups excluding carboxylic acids is 1. The number of amides is 1. The molecule has 3 rings (SSSR count). The van der Waals surface area contributed by atoms with Crippen LogP contribution in [0, 0.1) is 0 Å². The molecule has 0 fully saturated rings. The van der Waals surface area contributed by atoms with E-state index in [0.717, 1.165) is 24.3 Å². The van der Waals surface area contributed by atoms with Crippen molar-refractivity contribution in [3.63, 3.8) is 0 Å². The zero-order valence-corrected chi connectivity index (χ0v) is 16.2. The third-order valence-electron chi connectivity index (χ3n) is 3.52. The van der Waals surface area contributed by atoms with Gasteiger partial charge < -0.3 is 14.8 Å². The minimum absolute atomic E-state index is 0.0330. The zero-order chi connectivity index (χ0) is 20.5. The summed E-state index contributed by atoms with van der Waals surface area (Å²) in [5, 5.41) is 2.60. The standard InChI is InChI=1S/C16H12BrF3N2O5S/c17-11-7-12-13(26-6-5-15(23)21-12)8-14(11)28(24,25)22-9-1-3-10(4-2-9)27-16(18,19)20/h1-4,7-8,22H,5-6H2,(H,21,23). The van der Waals surface area contributed by atoms with Crippen molar-refractivity contribution in [1.82, 2.24) is 0 Å². The second-order valence-electron chi connectivity index (χ2n) is 5.60.